The molecule has 0 bridgehead atoms. The van der Waals surface area contributed by atoms with Crippen molar-refractivity contribution in [3.63, 3.8) is 0 Å². The highest BCUT2D eigenvalue weighted by molar-refractivity contribution is 6.31. The van der Waals surface area contributed by atoms with Gasteiger partial charge in [0.05, 0.1) is 12.8 Å². The molecule has 5 nitrogen and oxygen atoms in total. The number of hydrogen-bond donors (Lipinski definition) is 2. The SMILES string of the molecule is O=C(CNC(=O)c1cccc(Cl)c1)N/N=C/c1c2ccccc2cc2ccccc12. The third-order valence-corrected chi connectivity index (χ3v) is 4.93. The summed E-state index contributed by atoms with van der Waals surface area (Å²) < 4.78 is 0. The highest BCUT2D eigenvalue weighted by Gasteiger charge is 2.09. The van der Waals surface area contributed by atoms with Crippen LogP contribution in [0.5, 0.6) is 0 Å². The Balaban J connectivity index is 1.47. The van der Waals surface area contributed by atoms with Crippen molar-refractivity contribution >= 4 is 51.2 Å². The topological polar surface area (TPSA) is 70.6 Å². The largest absolute Gasteiger partial charge is 0.343 e. The van der Waals surface area contributed by atoms with Gasteiger partial charge in [-0.15, -0.1) is 0 Å². The molecule has 2 N–H and O–H groups in total. The van der Waals surface area contributed by atoms with E-state index in [1.807, 2.05) is 48.5 Å². The molecule has 30 heavy (non-hydrogen) atoms. The molecule has 4 aromatic carbocycles. The summed E-state index contributed by atoms with van der Waals surface area (Å²) in [6.45, 7) is -0.195. The Labute approximate surface area is 178 Å². The van der Waals surface area contributed by atoms with Crippen LogP contribution in [0.3, 0.4) is 0 Å². The minimum atomic E-state index is -0.425. The van der Waals surface area contributed by atoms with E-state index in [2.05, 4.69) is 21.9 Å². The molecule has 4 aromatic rings. The van der Waals surface area contributed by atoms with Gasteiger partial charge in [-0.25, -0.2) is 5.43 Å². The lowest BCUT2D eigenvalue weighted by Crippen LogP contribution is -2.34. The molecule has 0 atom stereocenters. The maximum absolute atomic E-state index is 12.1. The van der Waals surface area contributed by atoms with Crippen molar-refractivity contribution in [1.29, 1.82) is 0 Å². The molecule has 4 rings (SSSR count). The van der Waals surface area contributed by atoms with Crippen LogP contribution in [0, 0.1) is 0 Å². The average Bonchev–Trinajstić information content (AvgIpc) is 2.77. The molecule has 0 unspecified atom stereocenters. The molecule has 2 amide bonds. The highest BCUT2D eigenvalue weighted by Crippen LogP contribution is 2.27. The number of nitrogens with one attached hydrogen (secondary N) is 2. The van der Waals surface area contributed by atoms with Gasteiger partial charge in [0.2, 0.25) is 0 Å². The van der Waals surface area contributed by atoms with Crippen molar-refractivity contribution in [3.8, 4) is 0 Å². The minimum Gasteiger partial charge on any atom is -0.343 e. The zero-order valence-electron chi connectivity index (χ0n) is 15.9. The van der Waals surface area contributed by atoms with Gasteiger partial charge in [-0.2, -0.15) is 5.10 Å². The molecule has 0 saturated heterocycles. The third-order valence-electron chi connectivity index (χ3n) is 4.69. The number of amides is 2. The lowest BCUT2D eigenvalue weighted by molar-refractivity contribution is -0.120. The highest BCUT2D eigenvalue weighted by atomic mass is 35.5. The predicted molar refractivity (Wildman–Crippen MR) is 121 cm³/mol. The van der Waals surface area contributed by atoms with Crippen molar-refractivity contribution in [3.05, 3.63) is 95.0 Å². The molecule has 0 spiro atoms. The van der Waals surface area contributed by atoms with Crippen molar-refractivity contribution in [2.75, 3.05) is 6.54 Å². The van der Waals surface area contributed by atoms with Crippen LogP contribution in [0.2, 0.25) is 5.02 Å². The first-order chi connectivity index (χ1) is 14.6. The molecule has 6 heteroatoms. The lowest BCUT2D eigenvalue weighted by atomic mass is 9.97. The molecular formula is C24H18ClN3O2. The maximum Gasteiger partial charge on any atom is 0.259 e. The van der Waals surface area contributed by atoms with Crippen molar-refractivity contribution in [2.24, 2.45) is 5.10 Å². The zero-order chi connectivity index (χ0) is 20.9. The van der Waals surface area contributed by atoms with E-state index in [9.17, 15) is 9.59 Å². The molecule has 0 heterocycles. The van der Waals surface area contributed by atoms with E-state index >= 15 is 0 Å². The van der Waals surface area contributed by atoms with Crippen LogP contribution in [0.1, 0.15) is 15.9 Å². The monoisotopic (exact) mass is 415 g/mol. The van der Waals surface area contributed by atoms with E-state index in [-0.39, 0.29) is 12.5 Å². The Morgan fingerprint density at radius 2 is 1.53 bits per heavy atom. The van der Waals surface area contributed by atoms with Gasteiger partial charge in [0.15, 0.2) is 0 Å². The smallest absolute Gasteiger partial charge is 0.259 e. The van der Waals surface area contributed by atoms with Gasteiger partial charge in [-0.05, 0) is 45.8 Å². The number of rotatable bonds is 5. The van der Waals surface area contributed by atoms with Gasteiger partial charge < -0.3 is 5.32 Å². The van der Waals surface area contributed by atoms with Crippen LogP contribution in [-0.4, -0.2) is 24.6 Å². The fraction of sp³-hybridized carbons (Fsp3) is 0.0417. The second-order valence-corrected chi connectivity index (χ2v) is 7.16. The molecule has 0 radical (unpaired) electrons. The minimum absolute atomic E-state index is 0.195. The second kappa shape index (κ2) is 8.76. The standard InChI is InChI=1S/C24H18ClN3O2/c25-19-9-5-8-18(13-19)24(30)26-15-23(29)28-27-14-22-20-10-3-1-6-16(20)12-17-7-2-4-11-21(17)22/h1-14H,15H2,(H,26,30)(H,28,29)/b27-14+. The molecule has 0 saturated carbocycles. The zero-order valence-corrected chi connectivity index (χ0v) is 16.7. The number of halogens is 1. The second-order valence-electron chi connectivity index (χ2n) is 6.72. The van der Waals surface area contributed by atoms with Gasteiger partial charge in [-0.1, -0.05) is 66.2 Å². The van der Waals surface area contributed by atoms with Crippen LogP contribution in [-0.2, 0) is 4.79 Å². The molecule has 0 aliphatic carbocycles. The fourth-order valence-corrected chi connectivity index (χ4v) is 3.48. The van der Waals surface area contributed by atoms with E-state index in [1.54, 1.807) is 30.5 Å². The molecule has 0 aliphatic rings. The number of nitrogens with zero attached hydrogens (tertiary/aromatic N) is 1. The summed E-state index contributed by atoms with van der Waals surface area (Å²) in [6.07, 6.45) is 1.64. The Morgan fingerprint density at radius 1 is 0.867 bits per heavy atom. The van der Waals surface area contributed by atoms with Crippen LogP contribution >= 0.6 is 11.6 Å². The van der Waals surface area contributed by atoms with Gasteiger partial charge in [0.1, 0.15) is 0 Å². The first kappa shape index (κ1) is 19.6. The molecule has 0 aliphatic heterocycles. The van der Waals surface area contributed by atoms with Crippen molar-refractivity contribution in [2.45, 2.75) is 0 Å². The number of fused-ring (bicyclic) bond motifs is 2. The quantitative estimate of drug-likeness (QED) is 0.285. The molecule has 148 valence electrons. The van der Waals surface area contributed by atoms with E-state index in [0.717, 1.165) is 27.1 Å². The van der Waals surface area contributed by atoms with Crippen LogP contribution in [0.25, 0.3) is 21.5 Å². The first-order valence-corrected chi connectivity index (χ1v) is 9.76. The predicted octanol–water partition coefficient (Wildman–Crippen LogP) is 4.53. The van der Waals surface area contributed by atoms with Crippen LogP contribution in [0.4, 0.5) is 0 Å². The van der Waals surface area contributed by atoms with Crippen LogP contribution in [0.15, 0.2) is 84.0 Å². The summed E-state index contributed by atoms with van der Waals surface area (Å²) in [6, 6.07) is 24.7. The summed E-state index contributed by atoms with van der Waals surface area (Å²) >= 11 is 5.88. The molecule has 0 aromatic heterocycles. The van der Waals surface area contributed by atoms with Gasteiger partial charge in [-0.3, -0.25) is 9.59 Å². The third kappa shape index (κ3) is 4.31. The summed E-state index contributed by atoms with van der Waals surface area (Å²) in [5.74, 6) is -0.803. The Hall–Kier alpha value is -3.70. The van der Waals surface area contributed by atoms with Crippen molar-refractivity contribution in [1.82, 2.24) is 10.7 Å². The van der Waals surface area contributed by atoms with Gasteiger partial charge >= 0.3 is 0 Å². The number of hydrazone groups is 1. The van der Waals surface area contributed by atoms with E-state index < -0.39 is 5.91 Å². The summed E-state index contributed by atoms with van der Waals surface area (Å²) in [5.41, 5.74) is 3.78. The fourth-order valence-electron chi connectivity index (χ4n) is 3.29. The molecule has 0 fully saturated rings. The van der Waals surface area contributed by atoms with E-state index in [4.69, 9.17) is 11.6 Å². The Bertz CT molecular complexity index is 1230. The number of carbonyl (C=O) groups is 2. The lowest BCUT2D eigenvalue weighted by Gasteiger charge is -2.08. The Morgan fingerprint density at radius 3 is 2.20 bits per heavy atom. The summed E-state index contributed by atoms with van der Waals surface area (Å²) in [7, 11) is 0. The average molecular weight is 416 g/mol. The van der Waals surface area contributed by atoms with Gasteiger partial charge in [0.25, 0.3) is 11.8 Å². The van der Waals surface area contributed by atoms with Gasteiger partial charge in [0, 0.05) is 16.1 Å². The number of benzene rings is 4. The van der Waals surface area contributed by atoms with E-state index in [1.165, 1.54) is 0 Å². The van der Waals surface area contributed by atoms with E-state index in [0.29, 0.717) is 10.6 Å². The van der Waals surface area contributed by atoms with Crippen molar-refractivity contribution < 1.29 is 9.59 Å². The normalized spacial score (nSPS) is 11.1. The maximum atomic E-state index is 12.1. The first-order valence-electron chi connectivity index (χ1n) is 9.38. The van der Waals surface area contributed by atoms with Crippen LogP contribution < -0.4 is 10.7 Å². The number of hydrogen-bond acceptors (Lipinski definition) is 3. The summed E-state index contributed by atoms with van der Waals surface area (Å²) in [4.78, 5) is 24.2. The Kier molecular flexibility index (Phi) is 5.72. The number of carbonyl (C=O) groups excluding carboxylic acids is 2. The molecular weight excluding hydrogens is 398 g/mol. The summed E-state index contributed by atoms with van der Waals surface area (Å²) in [5, 5.41) is 11.4.